The number of β-amino-alcohol motifs (C(OH)–C–C–N with tert-alkyl or cyclic N) is 1. The van der Waals surface area contributed by atoms with Crippen LogP contribution in [0.2, 0.25) is 0 Å². The third kappa shape index (κ3) is 17.3. The van der Waals surface area contributed by atoms with Crippen molar-refractivity contribution in [2.75, 3.05) is 19.6 Å². The van der Waals surface area contributed by atoms with Gasteiger partial charge in [-0.2, -0.15) is 0 Å². The minimum atomic E-state index is -2.51. The van der Waals surface area contributed by atoms with Crippen molar-refractivity contribution in [3.05, 3.63) is 83.4 Å². The highest BCUT2D eigenvalue weighted by atomic mass is 32.2. The first-order valence-electron chi connectivity index (χ1n) is 27.4. The topological polar surface area (TPSA) is 439 Å². The van der Waals surface area contributed by atoms with Crippen LogP contribution in [0.15, 0.2) is 66.7 Å². The van der Waals surface area contributed by atoms with E-state index in [4.69, 9.17) is 15.2 Å². The molecular weight excluding hydrogens is 1120 g/mol. The quantitative estimate of drug-likeness (QED) is 0.0247. The number of carbonyl (C=O) groups is 8. The number of primary amides is 1. The molecule has 3 saturated heterocycles. The van der Waals surface area contributed by atoms with Gasteiger partial charge < -0.3 is 87.2 Å². The highest BCUT2D eigenvalue weighted by Gasteiger charge is 2.50. The molecule has 460 valence electrons. The van der Waals surface area contributed by atoms with E-state index in [0.717, 1.165) is 77.3 Å². The van der Waals surface area contributed by atoms with E-state index in [1.807, 2.05) is 36.4 Å². The van der Waals surface area contributed by atoms with Crippen LogP contribution in [0, 0.1) is 5.92 Å². The van der Waals surface area contributed by atoms with E-state index in [2.05, 4.69) is 55.0 Å². The predicted molar refractivity (Wildman–Crippen MR) is 295 cm³/mol. The number of aliphatic hydroxyl groups excluding tert-OH is 7. The Bertz CT molecular complexity index is 2780. The molecule has 0 spiro atoms. The maximum Gasteiger partial charge on any atom is 0.261 e. The van der Waals surface area contributed by atoms with Crippen LogP contribution in [-0.2, 0) is 60.6 Å². The molecule has 0 aromatic heterocycles. The fraction of sp³-hybridized carbons (Fsp3) is 0.527. The molecule has 8 amide bonds. The largest absolute Gasteiger partial charge is 0.504 e. The second kappa shape index (κ2) is 30.7. The lowest BCUT2D eigenvalue weighted by molar-refractivity contribution is -0.433. The van der Waals surface area contributed by atoms with Crippen LogP contribution in [0.4, 0.5) is 0 Å². The number of phenolic OH excluding ortho intramolecular Hbond substituents is 1. The SMILES string of the molecule is CCCCCc1ccc(-c2ccc(CCC(=O)N[C@H]3CC(O)CNC(=O)C4C(O)C(C)CN4C(=O)C(C(O)CC(N)=O)NC(=O)C(C(O)C(O)c4ccc(O)c(OSOOO)c4)NC(=O)C4CC(O)CN4C(=O)C(C(C)O)NC3=O)cc2)cc1. The molecule has 14 atom stereocenters. The maximum atomic E-state index is 14.6. The van der Waals surface area contributed by atoms with E-state index in [9.17, 15) is 79.2 Å². The number of nitrogens with one attached hydrogen (secondary N) is 5. The second-order valence-electron chi connectivity index (χ2n) is 21.3. The number of fused-ring (bicyclic) bond motifs is 2. The van der Waals surface area contributed by atoms with Crippen molar-refractivity contribution in [1.82, 2.24) is 36.4 Å². The third-order valence-electron chi connectivity index (χ3n) is 14.9. The average Bonchev–Trinajstić information content (AvgIpc) is 3.14. The van der Waals surface area contributed by atoms with Crippen LogP contribution in [0.1, 0.15) is 88.5 Å². The average molecular weight is 1200 g/mol. The number of carbonyl (C=O) groups excluding carboxylic acids is 8. The molecular formula is C55H74N8O20S. The molecule has 0 bridgehead atoms. The number of aromatic hydroxyl groups is 1. The molecule has 3 fully saturated rings. The van der Waals surface area contributed by atoms with Gasteiger partial charge in [0.25, 0.3) is 12.3 Å². The highest BCUT2D eigenvalue weighted by Crippen LogP contribution is 2.34. The Morgan fingerprint density at radius 3 is 2.00 bits per heavy atom. The predicted octanol–water partition coefficient (Wildman–Crippen LogP) is -2.21. The molecule has 13 unspecified atom stereocenters. The lowest BCUT2D eigenvalue weighted by Gasteiger charge is -2.34. The molecule has 28 nitrogen and oxygen atoms in total. The Morgan fingerprint density at radius 2 is 1.38 bits per heavy atom. The van der Waals surface area contributed by atoms with Gasteiger partial charge in [0.15, 0.2) is 11.5 Å². The fourth-order valence-electron chi connectivity index (χ4n) is 10.3. The van der Waals surface area contributed by atoms with Gasteiger partial charge in [-0.25, -0.2) is 5.26 Å². The molecule has 3 aromatic carbocycles. The Kier molecular flexibility index (Phi) is 24.1. The number of aliphatic hydroxyl groups is 7. The first kappa shape index (κ1) is 66.1. The van der Waals surface area contributed by atoms with Crippen molar-refractivity contribution >= 4 is 59.6 Å². The first-order chi connectivity index (χ1) is 39.9. The minimum absolute atomic E-state index is 0.0172. The number of amides is 8. The van der Waals surface area contributed by atoms with E-state index in [1.165, 1.54) is 12.5 Å². The number of aryl methyl sites for hydroxylation is 2. The molecule has 0 saturated carbocycles. The highest BCUT2D eigenvalue weighted by molar-refractivity contribution is 7.90. The van der Waals surface area contributed by atoms with Gasteiger partial charge in [-0.1, -0.05) is 90.7 Å². The summed E-state index contributed by atoms with van der Waals surface area (Å²) in [5.74, 6) is -11.5. The van der Waals surface area contributed by atoms with Gasteiger partial charge in [-0.15, -0.1) is 0 Å². The molecule has 3 aromatic rings. The van der Waals surface area contributed by atoms with Crippen molar-refractivity contribution in [1.29, 1.82) is 0 Å². The Morgan fingerprint density at radius 1 is 0.762 bits per heavy atom. The summed E-state index contributed by atoms with van der Waals surface area (Å²) < 4.78 is 9.19. The van der Waals surface area contributed by atoms with Gasteiger partial charge in [0, 0.05) is 44.8 Å². The maximum absolute atomic E-state index is 14.6. The number of hydrogen-bond donors (Lipinski definition) is 15. The summed E-state index contributed by atoms with van der Waals surface area (Å²) >= 11 is -0.0172. The third-order valence-corrected chi connectivity index (χ3v) is 15.3. The number of nitrogens with zero attached hydrogens (tertiary/aromatic N) is 2. The molecule has 6 rings (SSSR count). The summed E-state index contributed by atoms with van der Waals surface area (Å²) in [6.45, 7) is 2.95. The summed E-state index contributed by atoms with van der Waals surface area (Å²) in [4.78, 5) is 114. The zero-order valence-corrected chi connectivity index (χ0v) is 47.1. The van der Waals surface area contributed by atoms with Gasteiger partial charge in [0.1, 0.15) is 48.5 Å². The van der Waals surface area contributed by atoms with Gasteiger partial charge in [0.05, 0.1) is 36.9 Å². The zero-order valence-electron chi connectivity index (χ0n) is 46.3. The van der Waals surface area contributed by atoms with Crippen molar-refractivity contribution in [2.45, 2.75) is 158 Å². The number of benzene rings is 3. The molecule has 3 heterocycles. The number of nitrogens with two attached hydrogens (primary N) is 1. The minimum Gasteiger partial charge on any atom is -0.504 e. The van der Waals surface area contributed by atoms with Crippen LogP contribution < -0.4 is 36.5 Å². The van der Waals surface area contributed by atoms with Gasteiger partial charge in [0.2, 0.25) is 47.3 Å². The molecule has 0 radical (unpaired) electrons. The lowest BCUT2D eigenvalue weighted by atomic mass is 9.96. The monoisotopic (exact) mass is 1200 g/mol. The van der Waals surface area contributed by atoms with E-state index >= 15 is 0 Å². The molecule has 3 aliphatic rings. The molecule has 84 heavy (non-hydrogen) atoms. The van der Waals surface area contributed by atoms with Crippen molar-refractivity contribution in [2.24, 2.45) is 11.7 Å². The van der Waals surface area contributed by atoms with E-state index in [0.29, 0.717) is 0 Å². The van der Waals surface area contributed by atoms with Crippen LogP contribution in [0.5, 0.6) is 11.5 Å². The van der Waals surface area contributed by atoms with Crippen molar-refractivity contribution < 1.29 is 98.0 Å². The summed E-state index contributed by atoms with van der Waals surface area (Å²) in [5, 5.41) is 114. The lowest BCUT2D eigenvalue weighted by Crippen LogP contribution is -2.64. The smallest absolute Gasteiger partial charge is 0.261 e. The molecule has 3 aliphatic heterocycles. The molecule has 16 N–H and O–H groups in total. The zero-order chi connectivity index (χ0) is 61.5. The van der Waals surface area contributed by atoms with E-state index < -0.39 is 183 Å². The second-order valence-corrected chi connectivity index (χ2v) is 21.7. The number of rotatable bonds is 20. The number of phenols is 1. The van der Waals surface area contributed by atoms with Crippen LogP contribution in [0.3, 0.4) is 0 Å². The van der Waals surface area contributed by atoms with Crippen molar-refractivity contribution in [3.8, 4) is 22.6 Å². The van der Waals surface area contributed by atoms with E-state index in [1.54, 1.807) is 0 Å². The first-order valence-corrected chi connectivity index (χ1v) is 28.1. The Labute approximate surface area is 487 Å². The molecule has 29 heteroatoms. The van der Waals surface area contributed by atoms with Crippen LogP contribution >= 0.6 is 12.3 Å². The summed E-state index contributed by atoms with van der Waals surface area (Å²) in [7, 11) is 0. The van der Waals surface area contributed by atoms with Gasteiger partial charge in [-0.3, -0.25) is 38.4 Å². The normalized spacial score (nSPS) is 26.3. The summed E-state index contributed by atoms with van der Waals surface area (Å²) in [6.07, 6.45) is -11.5. The van der Waals surface area contributed by atoms with Gasteiger partial charge in [-0.05, 0) is 66.1 Å². The number of hydrogen-bond acceptors (Lipinski definition) is 21. The van der Waals surface area contributed by atoms with Crippen molar-refractivity contribution in [3.63, 3.8) is 0 Å². The summed E-state index contributed by atoms with van der Waals surface area (Å²) in [6, 6.07) is 6.68. The number of unbranched alkanes of at least 4 members (excludes halogenated alkanes) is 2. The van der Waals surface area contributed by atoms with Gasteiger partial charge >= 0.3 is 0 Å². The van der Waals surface area contributed by atoms with E-state index in [-0.39, 0.29) is 30.7 Å². The van der Waals surface area contributed by atoms with Crippen LogP contribution in [0.25, 0.3) is 11.1 Å². The summed E-state index contributed by atoms with van der Waals surface area (Å²) in [5.41, 5.74) is 8.98. The standard InChI is InChI=1S/C55H74N8O20S/c1-4-5-6-7-29-8-13-31(14-9-29)32-15-10-30(11-16-32)12-19-42(70)58-36-21-34(65)24-57-53(77)46-47(71)27(2)25-63(46)55(79)44(39(68)23-41(56)69)60-52(76)45(49(73)48(72)33-17-18-38(67)40(20-33)81-84-83-82-80)61-51(75)37-22-35(66)26-62(37)54(78)43(28(3)64)59-50(36)74/h8-11,13-18,20,27-28,34-37,39,43-49,64-68,71-73,80H,4-7,12,19,21-26H2,1-3H3,(H2,56,69)(H,57,77)(H,58,70)(H,59,74)(H,60,76)(H,61,75)/t27?,28?,34?,35?,36-,37?,39?,43?,44?,45?,46?,47?,48?,49?/m0/s1. The molecule has 0 aliphatic carbocycles. The Balaban J connectivity index is 1.32. The Hall–Kier alpha value is -7.03. The fourth-order valence-corrected chi connectivity index (χ4v) is 10.5. The van der Waals surface area contributed by atoms with Crippen LogP contribution in [-0.4, -0.2) is 196 Å².